The molecule has 0 saturated carbocycles. The van der Waals surface area contributed by atoms with Crippen LogP contribution in [0.3, 0.4) is 0 Å². The van der Waals surface area contributed by atoms with Crippen LogP contribution in [-0.4, -0.2) is 26.6 Å². The molecule has 0 unspecified atom stereocenters. The number of hydrogen-bond donors (Lipinski definition) is 0. The molecule has 2 aromatic carbocycles. The van der Waals surface area contributed by atoms with Crippen LogP contribution in [-0.2, 0) is 0 Å². The number of aromatic nitrogens is 3. The van der Waals surface area contributed by atoms with Crippen molar-refractivity contribution in [1.29, 1.82) is 0 Å². The Hall–Kier alpha value is -3.85. The van der Waals surface area contributed by atoms with Gasteiger partial charge in [0.2, 0.25) is 4.96 Å². The van der Waals surface area contributed by atoms with Gasteiger partial charge in [-0.3, -0.25) is 14.9 Å². The first-order valence-corrected chi connectivity index (χ1v) is 9.33. The molecule has 4 rings (SSSR count). The third-order valence-corrected chi connectivity index (χ3v) is 5.08. The average Bonchev–Trinajstić information content (AvgIpc) is 3.26. The van der Waals surface area contributed by atoms with Crippen LogP contribution in [0.15, 0.2) is 53.3 Å². The summed E-state index contributed by atoms with van der Waals surface area (Å²) in [6.07, 6.45) is 5.17. The van der Waals surface area contributed by atoms with E-state index < -0.39 is 4.92 Å². The molecule has 0 aliphatic rings. The minimum atomic E-state index is -0.473. The Kier molecular flexibility index (Phi) is 4.88. The van der Waals surface area contributed by atoms with Gasteiger partial charge in [0, 0.05) is 12.1 Å². The third-order valence-electron chi connectivity index (χ3n) is 4.12. The smallest absolute Gasteiger partial charge is 0.291 e. The Morgan fingerprint density at radius 2 is 1.93 bits per heavy atom. The zero-order chi connectivity index (χ0) is 20.4. The second-order valence-corrected chi connectivity index (χ2v) is 7.05. The highest BCUT2D eigenvalue weighted by Gasteiger charge is 2.10. The van der Waals surface area contributed by atoms with E-state index in [-0.39, 0.29) is 11.2 Å². The highest BCUT2D eigenvalue weighted by atomic mass is 32.1. The first kappa shape index (κ1) is 18.5. The van der Waals surface area contributed by atoms with Crippen molar-refractivity contribution in [2.45, 2.75) is 0 Å². The molecule has 0 amide bonds. The number of rotatable bonds is 5. The van der Waals surface area contributed by atoms with Gasteiger partial charge in [-0.1, -0.05) is 41.7 Å². The van der Waals surface area contributed by atoms with E-state index in [0.29, 0.717) is 20.9 Å². The molecule has 29 heavy (non-hydrogen) atoms. The van der Waals surface area contributed by atoms with Crippen LogP contribution in [0.1, 0.15) is 17.0 Å². The van der Waals surface area contributed by atoms with Crippen molar-refractivity contribution in [2.75, 3.05) is 7.11 Å². The molecule has 8 nitrogen and oxygen atoms in total. The van der Waals surface area contributed by atoms with Crippen LogP contribution < -0.4 is 14.8 Å². The summed E-state index contributed by atoms with van der Waals surface area (Å²) in [4.78, 5) is 27.8. The summed E-state index contributed by atoms with van der Waals surface area (Å²) in [5.74, 6) is 1.19. The highest BCUT2D eigenvalue weighted by molar-refractivity contribution is 7.15. The van der Waals surface area contributed by atoms with E-state index in [1.54, 1.807) is 31.4 Å². The second kappa shape index (κ2) is 7.64. The quantitative estimate of drug-likeness (QED) is 0.373. The molecular weight excluding hydrogens is 392 g/mol. The van der Waals surface area contributed by atoms with Gasteiger partial charge in [-0.2, -0.15) is 9.50 Å². The lowest BCUT2D eigenvalue weighted by Crippen LogP contribution is -2.23. The van der Waals surface area contributed by atoms with Gasteiger partial charge in [-0.05, 0) is 35.4 Å². The Labute approximate surface area is 168 Å². The number of fused-ring (bicyclic) bond motifs is 1. The molecule has 2 aromatic heterocycles. The van der Waals surface area contributed by atoms with Gasteiger partial charge in [-0.15, -0.1) is 5.10 Å². The van der Waals surface area contributed by atoms with Crippen molar-refractivity contribution >= 4 is 40.2 Å². The fourth-order valence-corrected chi connectivity index (χ4v) is 3.60. The Bertz CT molecular complexity index is 1340. The van der Waals surface area contributed by atoms with E-state index in [4.69, 9.17) is 4.74 Å². The minimum Gasteiger partial charge on any atom is -0.497 e. The summed E-state index contributed by atoms with van der Waals surface area (Å²) in [6.45, 7) is 0. The van der Waals surface area contributed by atoms with E-state index in [2.05, 4.69) is 10.1 Å². The summed E-state index contributed by atoms with van der Waals surface area (Å²) in [7, 11) is 1.61. The Morgan fingerprint density at radius 3 is 2.62 bits per heavy atom. The number of thiazole rings is 1. The molecular formula is C20H14N4O4S. The first-order chi connectivity index (χ1) is 14.0. The minimum absolute atomic E-state index is 0.0309. The SMILES string of the molecule is COc1ccc(/C=C/c2nc3s/c(=C\c4cccc([N+](=O)[O-])c4)c(=O)n3n2)cc1. The number of nitrogens with zero attached hydrogens (tertiary/aromatic N) is 4. The van der Waals surface area contributed by atoms with Crippen molar-refractivity contribution < 1.29 is 9.66 Å². The maximum atomic E-state index is 12.6. The van der Waals surface area contributed by atoms with Crippen LogP contribution in [0.2, 0.25) is 0 Å². The highest BCUT2D eigenvalue weighted by Crippen LogP contribution is 2.15. The van der Waals surface area contributed by atoms with Gasteiger partial charge < -0.3 is 4.74 Å². The first-order valence-electron chi connectivity index (χ1n) is 8.51. The molecule has 0 spiro atoms. The summed E-state index contributed by atoms with van der Waals surface area (Å²) >= 11 is 1.18. The average molecular weight is 406 g/mol. The largest absolute Gasteiger partial charge is 0.497 e. The monoisotopic (exact) mass is 406 g/mol. The topological polar surface area (TPSA) is 99.6 Å². The Morgan fingerprint density at radius 1 is 1.14 bits per heavy atom. The van der Waals surface area contributed by atoms with Gasteiger partial charge in [-0.25, -0.2) is 0 Å². The number of ether oxygens (including phenoxy) is 1. The second-order valence-electron chi connectivity index (χ2n) is 6.04. The summed E-state index contributed by atoms with van der Waals surface area (Å²) in [5.41, 5.74) is 1.18. The molecule has 4 aromatic rings. The fourth-order valence-electron chi connectivity index (χ4n) is 2.68. The number of benzene rings is 2. The zero-order valence-corrected chi connectivity index (χ0v) is 16.0. The maximum Gasteiger partial charge on any atom is 0.291 e. The third kappa shape index (κ3) is 3.90. The lowest BCUT2D eigenvalue weighted by Gasteiger charge is -1.98. The van der Waals surface area contributed by atoms with Gasteiger partial charge in [0.1, 0.15) is 5.75 Å². The predicted octanol–water partition coefficient (Wildman–Crippen LogP) is 2.79. The number of hydrogen-bond acceptors (Lipinski definition) is 7. The molecule has 0 bridgehead atoms. The fraction of sp³-hybridized carbons (Fsp3) is 0.0500. The number of nitro benzene ring substituents is 1. The van der Waals surface area contributed by atoms with Crippen LogP contribution in [0.25, 0.3) is 23.2 Å². The molecule has 0 aliphatic carbocycles. The van der Waals surface area contributed by atoms with E-state index in [1.807, 2.05) is 30.3 Å². The molecule has 0 aliphatic heterocycles. The molecule has 0 radical (unpaired) electrons. The van der Waals surface area contributed by atoms with E-state index in [9.17, 15) is 14.9 Å². The van der Waals surface area contributed by atoms with E-state index in [1.165, 1.54) is 28.0 Å². The van der Waals surface area contributed by atoms with Crippen LogP contribution in [0, 0.1) is 10.1 Å². The number of non-ortho nitro benzene ring substituents is 1. The summed E-state index contributed by atoms with van der Waals surface area (Å²) < 4.78 is 6.77. The molecule has 9 heteroatoms. The predicted molar refractivity (Wildman–Crippen MR) is 111 cm³/mol. The van der Waals surface area contributed by atoms with Crippen molar-refractivity contribution in [3.8, 4) is 5.75 Å². The number of nitro groups is 1. The molecule has 0 saturated heterocycles. The van der Waals surface area contributed by atoms with Gasteiger partial charge >= 0.3 is 0 Å². The van der Waals surface area contributed by atoms with Crippen molar-refractivity contribution in [3.05, 3.63) is 90.5 Å². The van der Waals surface area contributed by atoms with Crippen LogP contribution in [0.4, 0.5) is 5.69 Å². The van der Waals surface area contributed by atoms with Crippen LogP contribution >= 0.6 is 11.3 Å². The van der Waals surface area contributed by atoms with Crippen LogP contribution in [0.5, 0.6) is 5.75 Å². The van der Waals surface area contributed by atoms with Crippen molar-refractivity contribution in [3.63, 3.8) is 0 Å². The maximum absolute atomic E-state index is 12.6. The normalized spacial score (nSPS) is 12.1. The lowest BCUT2D eigenvalue weighted by molar-refractivity contribution is -0.384. The van der Waals surface area contributed by atoms with E-state index >= 15 is 0 Å². The zero-order valence-electron chi connectivity index (χ0n) is 15.2. The molecule has 0 fully saturated rings. The number of methoxy groups -OCH3 is 1. The Balaban J connectivity index is 1.63. The van der Waals surface area contributed by atoms with Crippen molar-refractivity contribution in [1.82, 2.24) is 14.6 Å². The summed E-state index contributed by atoms with van der Waals surface area (Å²) in [6, 6.07) is 13.6. The summed E-state index contributed by atoms with van der Waals surface area (Å²) in [5, 5.41) is 15.1. The van der Waals surface area contributed by atoms with Gasteiger partial charge in [0.25, 0.3) is 11.2 Å². The molecule has 2 heterocycles. The van der Waals surface area contributed by atoms with E-state index in [0.717, 1.165) is 11.3 Å². The molecule has 0 N–H and O–H groups in total. The van der Waals surface area contributed by atoms with Gasteiger partial charge in [0.15, 0.2) is 5.82 Å². The van der Waals surface area contributed by atoms with Gasteiger partial charge in [0.05, 0.1) is 16.6 Å². The molecule has 0 atom stereocenters. The standard InChI is InChI=1S/C20H14N4O4S/c1-28-16-8-5-13(6-9-16)7-10-18-21-20-23(22-18)19(25)17(29-20)12-14-3-2-4-15(11-14)24(26)27/h2-12H,1H3/b10-7+,17-12-. The van der Waals surface area contributed by atoms with Crippen molar-refractivity contribution in [2.24, 2.45) is 0 Å². The molecule has 144 valence electrons. The lowest BCUT2D eigenvalue weighted by atomic mass is 10.2.